The van der Waals surface area contributed by atoms with E-state index in [4.69, 9.17) is 28.4 Å². The van der Waals surface area contributed by atoms with Crippen LogP contribution in [0.4, 0.5) is 0 Å². The molecule has 9 nitrogen and oxygen atoms in total. The minimum Gasteiger partial charge on any atom is -0.452 e. The van der Waals surface area contributed by atoms with E-state index in [-0.39, 0.29) is 42.4 Å². The normalized spacial score (nSPS) is 44.1. The van der Waals surface area contributed by atoms with Crippen molar-refractivity contribution in [2.24, 2.45) is 45.8 Å². The average molecular weight is 699 g/mol. The van der Waals surface area contributed by atoms with Crippen molar-refractivity contribution in [1.29, 1.82) is 0 Å². The number of hydrogen-bond acceptors (Lipinski definition) is 9. The number of carbonyl (C=O) groups excluding carboxylic acids is 2. The van der Waals surface area contributed by atoms with Crippen LogP contribution in [0.5, 0.6) is 0 Å². The van der Waals surface area contributed by atoms with Crippen molar-refractivity contribution in [3.05, 3.63) is 83.4 Å². The first-order valence-corrected chi connectivity index (χ1v) is 19.0. The molecule has 8 bridgehead atoms. The Kier molecular flexibility index (Phi) is 7.83. The first kappa shape index (κ1) is 33.9. The van der Waals surface area contributed by atoms with Crippen molar-refractivity contribution < 1.29 is 43.1 Å². The van der Waals surface area contributed by atoms with Gasteiger partial charge in [0.2, 0.25) is 0 Å². The first-order chi connectivity index (χ1) is 24.5. The SMILES string of the molecule is CC(C)OC1C2OC3(OCC45CC6C(C)CCC6C6(C=O)CC4C=C(C(C)C)C65C(=O)OC(c4ccccc4)c4ccccc4)OC2OC1C3O. The van der Waals surface area contributed by atoms with Crippen LogP contribution < -0.4 is 0 Å². The fourth-order valence-electron chi connectivity index (χ4n) is 12.1. The van der Waals surface area contributed by atoms with Crippen LogP contribution >= 0.6 is 0 Å². The molecular weight excluding hydrogens is 648 g/mol. The molecule has 7 fully saturated rings. The number of benzene rings is 2. The number of rotatable bonds is 11. The summed E-state index contributed by atoms with van der Waals surface area (Å²) in [7, 11) is 0. The largest absolute Gasteiger partial charge is 0.452 e. The van der Waals surface area contributed by atoms with Crippen molar-refractivity contribution >= 4 is 12.3 Å². The van der Waals surface area contributed by atoms with Crippen molar-refractivity contribution in [2.75, 3.05) is 6.61 Å². The predicted molar refractivity (Wildman–Crippen MR) is 185 cm³/mol. The molecule has 0 radical (unpaired) electrons. The number of fused-ring (bicyclic) bond motifs is 2. The Bertz CT molecular complexity index is 1670. The summed E-state index contributed by atoms with van der Waals surface area (Å²) in [6.45, 7) is 10.4. The fourth-order valence-corrected chi connectivity index (χ4v) is 12.1. The van der Waals surface area contributed by atoms with Gasteiger partial charge in [0.05, 0.1) is 18.1 Å². The minimum atomic E-state index is -1.77. The van der Waals surface area contributed by atoms with E-state index in [1.54, 1.807) is 0 Å². The first-order valence-electron chi connectivity index (χ1n) is 19.0. The topological polar surface area (TPSA) is 110 Å². The van der Waals surface area contributed by atoms with E-state index in [0.29, 0.717) is 18.8 Å². The molecule has 13 atom stereocenters. The lowest BCUT2D eigenvalue weighted by molar-refractivity contribution is -0.449. The summed E-state index contributed by atoms with van der Waals surface area (Å²) >= 11 is 0. The van der Waals surface area contributed by atoms with E-state index in [1.165, 1.54) is 0 Å². The summed E-state index contributed by atoms with van der Waals surface area (Å²) in [6.07, 6.45) is 2.04. The van der Waals surface area contributed by atoms with Gasteiger partial charge in [0, 0.05) is 5.41 Å². The van der Waals surface area contributed by atoms with E-state index in [2.05, 4.69) is 26.8 Å². The van der Waals surface area contributed by atoms with Crippen LogP contribution in [0.1, 0.15) is 77.5 Å². The molecule has 0 aromatic heterocycles. The molecule has 3 saturated carbocycles. The van der Waals surface area contributed by atoms with Gasteiger partial charge in [-0.2, -0.15) is 0 Å². The summed E-state index contributed by atoms with van der Waals surface area (Å²) < 4.78 is 38.5. The highest BCUT2D eigenvalue weighted by Gasteiger charge is 2.85. The number of aliphatic hydroxyl groups is 1. The molecule has 9 heteroatoms. The molecule has 4 aliphatic heterocycles. The highest BCUT2D eigenvalue weighted by Crippen LogP contribution is 2.83. The van der Waals surface area contributed by atoms with Gasteiger partial charge in [-0.05, 0) is 73.8 Å². The van der Waals surface area contributed by atoms with E-state index >= 15 is 4.79 Å². The van der Waals surface area contributed by atoms with Crippen LogP contribution in [-0.4, -0.2) is 66.8 Å². The van der Waals surface area contributed by atoms with Gasteiger partial charge in [-0.3, -0.25) is 9.53 Å². The monoisotopic (exact) mass is 698 g/mol. The maximum Gasteiger partial charge on any atom is 0.318 e. The highest BCUT2D eigenvalue weighted by molar-refractivity contribution is 5.92. The Balaban J connectivity index is 1.15. The molecule has 0 amide bonds. The lowest BCUT2D eigenvalue weighted by Gasteiger charge is -2.59. The Hall–Kier alpha value is -2.92. The highest BCUT2D eigenvalue weighted by atomic mass is 17.0. The third-order valence-electron chi connectivity index (χ3n) is 14.0. The van der Waals surface area contributed by atoms with Gasteiger partial charge in [0.1, 0.15) is 30.0 Å². The number of ether oxygens (including phenoxy) is 6. The van der Waals surface area contributed by atoms with Crippen LogP contribution in [0.15, 0.2) is 72.3 Å². The number of carbonyl (C=O) groups is 2. The van der Waals surface area contributed by atoms with Crippen molar-refractivity contribution in [1.82, 2.24) is 0 Å². The zero-order valence-electron chi connectivity index (χ0n) is 30.1. The van der Waals surface area contributed by atoms with Crippen LogP contribution in [0.25, 0.3) is 0 Å². The number of allylic oxidation sites excluding steroid dienone is 1. The summed E-state index contributed by atoms with van der Waals surface area (Å²) in [5.41, 5.74) is -0.411. The molecule has 13 unspecified atom stereocenters. The second-order valence-electron chi connectivity index (χ2n) is 16.9. The zero-order chi connectivity index (χ0) is 35.5. The standard InChI is InChI=1S/C42H50O9/c1-23(2)31-18-28-19-39(21-43)30-17-16-25(5)29(30)20-40(28,22-46-42-36(44)34-33(47-24(3)4)35(50-42)37(48-34)51-42)41(31,39)38(45)49-32(26-12-8-6-9-13-26)27-14-10-7-11-15-27/h6-15,18,21,23-25,28-30,32-37,44H,16-17,19-20,22H2,1-5H3. The Morgan fingerprint density at radius 2 is 1.65 bits per heavy atom. The molecule has 4 heterocycles. The quantitative estimate of drug-likeness (QED) is 0.168. The fraction of sp³-hybridized carbons (Fsp3) is 0.619. The Morgan fingerprint density at radius 3 is 2.27 bits per heavy atom. The Labute approximate surface area is 300 Å². The predicted octanol–water partition coefficient (Wildman–Crippen LogP) is 6.14. The van der Waals surface area contributed by atoms with Gasteiger partial charge in [-0.25, -0.2) is 0 Å². The molecule has 2 aromatic rings. The molecule has 0 spiro atoms. The maximum atomic E-state index is 15.8. The summed E-state index contributed by atoms with van der Waals surface area (Å²) in [4.78, 5) is 29.9. The molecule has 2 aromatic carbocycles. The van der Waals surface area contributed by atoms with E-state index in [1.807, 2.05) is 74.5 Å². The molecule has 272 valence electrons. The number of aliphatic hydroxyl groups excluding tert-OH is 1. The molecular formula is C42H50O9. The summed E-state index contributed by atoms with van der Waals surface area (Å²) in [5.74, 6) is -1.63. The van der Waals surface area contributed by atoms with Crippen LogP contribution in [0.2, 0.25) is 0 Å². The molecule has 51 heavy (non-hydrogen) atoms. The van der Waals surface area contributed by atoms with Crippen LogP contribution in [0.3, 0.4) is 0 Å². The molecule has 1 N–H and O–H groups in total. The zero-order valence-corrected chi connectivity index (χ0v) is 30.1. The third kappa shape index (κ3) is 4.36. The lowest BCUT2D eigenvalue weighted by Crippen LogP contribution is -2.66. The van der Waals surface area contributed by atoms with E-state index in [9.17, 15) is 9.90 Å². The molecule has 10 rings (SSSR count). The van der Waals surface area contributed by atoms with Gasteiger partial charge in [0.15, 0.2) is 18.5 Å². The van der Waals surface area contributed by atoms with Crippen LogP contribution in [-0.2, 0) is 38.0 Å². The van der Waals surface area contributed by atoms with Gasteiger partial charge in [-0.1, -0.05) is 99.5 Å². The Morgan fingerprint density at radius 1 is 0.961 bits per heavy atom. The number of hydrogen-bond donors (Lipinski definition) is 1. The van der Waals surface area contributed by atoms with E-state index in [0.717, 1.165) is 35.8 Å². The lowest BCUT2D eigenvalue weighted by atomic mass is 9.43. The second kappa shape index (κ2) is 11.8. The van der Waals surface area contributed by atoms with Gasteiger partial charge in [-0.15, -0.1) is 0 Å². The second-order valence-corrected chi connectivity index (χ2v) is 16.9. The summed E-state index contributed by atoms with van der Waals surface area (Å²) in [6, 6.07) is 19.6. The van der Waals surface area contributed by atoms with Gasteiger partial charge < -0.3 is 33.6 Å². The molecule has 8 aliphatic rings. The van der Waals surface area contributed by atoms with Crippen molar-refractivity contribution in [3.63, 3.8) is 0 Å². The minimum absolute atomic E-state index is 0.0272. The summed E-state index contributed by atoms with van der Waals surface area (Å²) in [5, 5.41) is 11.7. The van der Waals surface area contributed by atoms with E-state index < -0.39 is 59.0 Å². The van der Waals surface area contributed by atoms with Gasteiger partial charge >= 0.3 is 11.9 Å². The number of aldehydes is 1. The van der Waals surface area contributed by atoms with Crippen molar-refractivity contribution in [3.8, 4) is 0 Å². The maximum absolute atomic E-state index is 15.8. The van der Waals surface area contributed by atoms with Crippen molar-refractivity contribution in [2.45, 2.75) is 109 Å². The smallest absolute Gasteiger partial charge is 0.318 e. The number of esters is 1. The molecule has 4 saturated heterocycles. The average Bonchev–Trinajstić information content (AvgIpc) is 3.86. The van der Waals surface area contributed by atoms with Crippen LogP contribution in [0, 0.1) is 45.8 Å². The third-order valence-corrected chi connectivity index (χ3v) is 14.0. The molecule has 4 aliphatic carbocycles. The van der Waals surface area contributed by atoms with Gasteiger partial charge in [0.25, 0.3) is 0 Å².